The Balaban J connectivity index is 3.54. The van der Waals surface area contributed by atoms with Crippen LogP contribution in [0.3, 0.4) is 0 Å². The van der Waals surface area contributed by atoms with Crippen LogP contribution in [0.2, 0.25) is 19.6 Å². The van der Waals surface area contributed by atoms with E-state index in [4.69, 9.17) is 0 Å². The van der Waals surface area contributed by atoms with E-state index < -0.39 is 8.07 Å². The highest BCUT2D eigenvalue weighted by Crippen LogP contribution is 2.32. The number of rotatable bonds is 5. The summed E-state index contributed by atoms with van der Waals surface area (Å²) >= 11 is 0. The maximum absolute atomic E-state index is 13.4. The molecule has 0 aliphatic carbocycles. The third-order valence-electron chi connectivity index (χ3n) is 4.84. The summed E-state index contributed by atoms with van der Waals surface area (Å²) in [4.78, 5) is 15.4. The highest BCUT2D eigenvalue weighted by atomic mass is 28.3. The molecule has 0 aliphatic rings. The first kappa shape index (κ1) is 20.0. The zero-order chi connectivity index (χ0) is 18.1. The topological polar surface area (TPSA) is 20.3 Å². The molecule has 0 heterocycles. The van der Waals surface area contributed by atoms with Crippen LogP contribution in [-0.4, -0.2) is 31.0 Å². The SMILES string of the molecule is Cc1cc(C)c(C(=O)N(C(C)C)C(C)C)c(C(C)[Si](C)(C)C)c1. The van der Waals surface area contributed by atoms with Crippen molar-refractivity contribution in [1.82, 2.24) is 4.90 Å². The molecular weight excluding hydrogens is 298 g/mol. The van der Waals surface area contributed by atoms with Gasteiger partial charge in [0.2, 0.25) is 0 Å². The summed E-state index contributed by atoms with van der Waals surface area (Å²) in [6.45, 7) is 22.1. The van der Waals surface area contributed by atoms with Crippen molar-refractivity contribution in [2.45, 2.75) is 85.7 Å². The van der Waals surface area contributed by atoms with Crippen molar-refractivity contribution in [2.75, 3.05) is 0 Å². The second-order valence-electron chi connectivity index (χ2n) is 8.53. The van der Waals surface area contributed by atoms with E-state index in [1.807, 2.05) is 4.90 Å². The monoisotopic (exact) mass is 333 g/mol. The minimum atomic E-state index is -1.38. The molecule has 0 fully saturated rings. The third-order valence-corrected chi connectivity index (χ3v) is 7.75. The zero-order valence-electron chi connectivity index (χ0n) is 16.7. The predicted molar refractivity (Wildman–Crippen MR) is 104 cm³/mol. The Labute approximate surface area is 144 Å². The lowest BCUT2D eigenvalue weighted by atomic mass is 9.95. The number of carbonyl (C=O) groups is 1. The molecule has 0 saturated heterocycles. The highest BCUT2D eigenvalue weighted by Gasteiger charge is 2.31. The Bertz CT molecular complexity index is 562. The van der Waals surface area contributed by atoms with Crippen LogP contribution >= 0.6 is 0 Å². The van der Waals surface area contributed by atoms with E-state index in [1.165, 1.54) is 11.1 Å². The summed E-state index contributed by atoms with van der Waals surface area (Å²) in [5.74, 6) is 0.188. The lowest BCUT2D eigenvalue weighted by molar-refractivity contribution is 0.0641. The maximum Gasteiger partial charge on any atom is 0.254 e. The third kappa shape index (κ3) is 4.47. The van der Waals surface area contributed by atoms with Crippen molar-refractivity contribution < 1.29 is 4.79 Å². The predicted octanol–water partition coefficient (Wildman–Crippen LogP) is 5.54. The number of benzene rings is 1. The van der Waals surface area contributed by atoms with E-state index in [0.29, 0.717) is 5.54 Å². The summed E-state index contributed by atoms with van der Waals surface area (Å²) < 4.78 is 0. The lowest BCUT2D eigenvalue weighted by Gasteiger charge is -2.34. The van der Waals surface area contributed by atoms with Gasteiger partial charge in [0.15, 0.2) is 0 Å². The van der Waals surface area contributed by atoms with Crippen LogP contribution in [0.15, 0.2) is 12.1 Å². The molecule has 2 nitrogen and oxygen atoms in total. The van der Waals surface area contributed by atoms with E-state index in [0.717, 1.165) is 11.1 Å². The van der Waals surface area contributed by atoms with Gasteiger partial charge in [0.25, 0.3) is 5.91 Å². The second kappa shape index (κ2) is 7.21. The first-order valence-electron chi connectivity index (χ1n) is 8.81. The van der Waals surface area contributed by atoms with E-state index >= 15 is 0 Å². The molecule has 1 aromatic carbocycles. The standard InChI is InChI=1S/C20H35NOSi/c1-13(2)21(14(3)4)20(22)19-16(6)11-15(5)12-18(19)17(7)23(8,9)10/h11-14,17H,1-10H3. The van der Waals surface area contributed by atoms with Gasteiger partial charge in [-0.3, -0.25) is 4.79 Å². The number of hydrogen-bond acceptors (Lipinski definition) is 1. The van der Waals surface area contributed by atoms with Crippen LogP contribution in [0, 0.1) is 13.8 Å². The molecule has 1 amide bonds. The van der Waals surface area contributed by atoms with Crippen molar-refractivity contribution in [3.05, 3.63) is 34.4 Å². The smallest absolute Gasteiger partial charge is 0.254 e. The zero-order valence-corrected chi connectivity index (χ0v) is 17.7. The van der Waals surface area contributed by atoms with Crippen LogP contribution in [-0.2, 0) is 0 Å². The van der Waals surface area contributed by atoms with E-state index in [1.54, 1.807) is 0 Å². The summed E-state index contributed by atoms with van der Waals surface area (Å²) in [7, 11) is -1.38. The number of carbonyl (C=O) groups excluding carboxylic acids is 1. The molecule has 1 rings (SSSR count). The van der Waals surface area contributed by atoms with Crippen LogP contribution in [0.4, 0.5) is 0 Å². The molecule has 0 radical (unpaired) electrons. The van der Waals surface area contributed by atoms with Crippen LogP contribution in [0.1, 0.15) is 67.2 Å². The van der Waals surface area contributed by atoms with Crippen molar-refractivity contribution in [1.29, 1.82) is 0 Å². The number of amides is 1. The van der Waals surface area contributed by atoms with Gasteiger partial charge in [0.1, 0.15) is 0 Å². The average Bonchev–Trinajstić information content (AvgIpc) is 2.34. The second-order valence-corrected chi connectivity index (χ2v) is 14.1. The largest absolute Gasteiger partial charge is 0.334 e. The molecule has 0 spiro atoms. The Kier molecular flexibility index (Phi) is 6.25. The minimum absolute atomic E-state index is 0.188. The molecular formula is C20H35NOSi. The van der Waals surface area contributed by atoms with Crippen molar-refractivity contribution in [2.24, 2.45) is 0 Å². The quantitative estimate of drug-likeness (QED) is 0.647. The number of nitrogens with zero attached hydrogens (tertiary/aromatic N) is 1. The van der Waals surface area contributed by atoms with Gasteiger partial charge in [-0.15, -0.1) is 0 Å². The molecule has 3 heteroatoms. The molecule has 23 heavy (non-hydrogen) atoms. The molecule has 0 N–H and O–H groups in total. The molecule has 0 saturated carbocycles. The fourth-order valence-corrected chi connectivity index (χ4v) is 4.46. The Morgan fingerprint density at radius 1 is 0.957 bits per heavy atom. The average molecular weight is 334 g/mol. The van der Waals surface area contributed by atoms with E-state index in [-0.39, 0.29) is 18.0 Å². The maximum atomic E-state index is 13.4. The minimum Gasteiger partial charge on any atom is -0.334 e. The van der Waals surface area contributed by atoms with Gasteiger partial charge in [0.05, 0.1) is 8.07 Å². The van der Waals surface area contributed by atoms with Crippen molar-refractivity contribution in [3.63, 3.8) is 0 Å². The number of hydrogen-bond donors (Lipinski definition) is 0. The van der Waals surface area contributed by atoms with E-state index in [9.17, 15) is 4.79 Å². The first-order chi connectivity index (χ1) is 10.4. The van der Waals surface area contributed by atoms with Gasteiger partial charge in [-0.1, -0.05) is 44.3 Å². The van der Waals surface area contributed by atoms with E-state index in [2.05, 4.69) is 80.2 Å². The van der Waals surface area contributed by atoms with Gasteiger partial charge in [-0.2, -0.15) is 0 Å². The van der Waals surface area contributed by atoms with Crippen molar-refractivity contribution >= 4 is 14.0 Å². The molecule has 1 atom stereocenters. The Morgan fingerprint density at radius 3 is 1.83 bits per heavy atom. The van der Waals surface area contributed by atoms with Gasteiger partial charge < -0.3 is 4.90 Å². The van der Waals surface area contributed by atoms with Gasteiger partial charge in [-0.05, 0) is 58.2 Å². The fourth-order valence-electron chi connectivity index (χ4n) is 3.30. The Morgan fingerprint density at radius 2 is 1.43 bits per heavy atom. The highest BCUT2D eigenvalue weighted by molar-refractivity contribution is 6.77. The normalized spacial score (nSPS) is 13.6. The molecule has 1 aromatic rings. The Hall–Kier alpha value is -1.09. The molecule has 0 bridgehead atoms. The lowest BCUT2D eigenvalue weighted by Crippen LogP contribution is -2.43. The van der Waals surface area contributed by atoms with Crippen LogP contribution < -0.4 is 0 Å². The first-order valence-corrected chi connectivity index (χ1v) is 12.4. The summed E-state index contributed by atoms with van der Waals surface area (Å²) in [5.41, 5.74) is 5.01. The molecule has 0 aromatic heterocycles. The number of aryl methyl sites for hydroxylation is 2. The fraction of sp³-hybridized carbons (Fsp3) is 0.650. The summed E-state index contributed by atoms with van der Waals surface area (Å²) in [5, 5.41) is 0. The van der Waals surface area contributed by atoms with Crippen molar-refractivity contribution in [3.8, 4) is 0 Å². The van der Waals surface area contributed by atoms with Gasteiger partial charge in [0, 0.05) is 17.6 Å². The summed E-state index contributed by atoms with van der Waals surface area (Å²) in [6.07, 6.45) is 0. The molecule has 130 valence electrons. The summed E-state index contributed by atoms with van der Waals surface area (Å²) in [6, 6.07) is 4.80. The van der Waals surface area contributed by atoms with Crippen LogP contribution in [0.25, 0.3) is 0 Å². The molecule has 0 aliphatic heterocycles. The van der Waals surface area contributed by atoms with Crippen LogP contribution in [0.5, 0.6) is 0 Å². The van der Waals surface area contributed by atoms with Gasteiger partial charge in [-0.25, -0.2) is 0 Å². The molecule has 1 unspecified atom stereocenters. The van der Waals surface area contributed by atoms with Gasteiger partial charge >= 0.3 is 0 Å².